The number of halogens is 1. The quantitative estimate of drug-likeness (QED) is 0.273. The molecule has 1 aromatic heterocycles. The van der Waals surface area contributed by atoms with Crippen LogP contribution in [-0.2, 0) is 6.54 Å². The largest absolute Gasteiger partial charge is 0.487 e. The zero-order chi connectivity index (χ0) is 20.4. The van der Waals surface area contributed by atoms with Gasteiger partial charge in [-0.2, -0.15) is 0 Å². The molecular formula is C25H29IN4O. The summed E-state index contributed by atoms with van der Waals surface area (Å²) in [5.74, 6) is 1.82. The van der Waals surface area contributed by atoms with Crippen LogP contribution in [0.15, 0.2) is 65.8 Å². The van der Waals surface area contributed by atoms with Gasteiger partial charge in [0.1, 0.15) is 11.4 Å². The van der Waals surface area contributed by atoms with Crippen molar-refractivity contribution < 1.29 is 4.74 Å². The number of aliphatic imine (C=N–C) groups is 1. The maximum atomic E-state index is 6.50. The van der Waals surface area contributed by atoms with Gasteiger partial charge in [-0.1, -0.05) is 36.4 Å². The predicted molar refractivity (Wildman–Crippen MR) is 136 cm³/mol. The zero-order valence-corrected chi connectivity index (χ0v) is 20.1. The van der Waals surface area contributed by atoms with Crippen LogP contribution in [0.1, 0.15) is 49.3 Å². The Bertz CT molecular complexity index is 1070. The zero-order valence-electron chi connectivity index (χ0n) is 17.8. The number of nitrogens with zero attached hydrogens (tertiary/aromatic N) is 2. The maximum absolute atomic E-state index is 6.50. The Morgan fingerprint density at radius 2 is 1.87 bits per heavy atom. The van der Waals surface area contributed by atoms with Gasteiger partial charge in [-0.3, -0.25) is 9.98 Å². The minimum Gasteiger partial charge on any atom is -0.487 e. The van der Waals surface area contributed by atoms with Gasteiger partial charge in [-0.05, 0) is 49.4 Å². The number of fused-ring (bicyclic) bond motifs is 2. The molecule has 1 atom stereocenters. The van der Waals surface area contributed by atoms with Crippen LogP contribution in [-0.4, -0.2) is 23.6 Å². The molecule has 5 rings (SSSR count). The molecule has 0 radical (unpaired) electrons. The number of pyridine rings is 1. The summed E-state index contributed by atoms with van der Waals surface area (Å²) < 4.78 is 6.50. The standard InChI is InChI=1S/C25H28N4O.HI/c1-26-24(28-17-18-12-15-27-21-10-4-2-8-19(18)21)29-22-16-25(13-6-7-14-25)30-23-11-5-3-9-20(22)23;/h2-5,8-12,15,22H,6-7,13-14,16-17H2,1H3,(H2,26,28,29);1H. The van der Waals surface area contributed by atoms with E-state index in [1.54, 1.807) is 0 Å². The van der Waals surface area contributed by atoms with E-state index in [1.807, 2.05) is 25.4 Å². The van der Waals surface area contributed by atoms with Gasteiger partial charge in [0.05, 0.1) is 11.6 Å². The van der Waals surface area contributed by atoms with Crippen molar-refractivity contribution in [2.24, 2.45) is 4.99 Å². The average molecular weight is 528 g/mol. The molecule has 1 spiro atoms. The second-order valence-electron chi connectivity index (χ2n) is 8.34. The molecule has 1 aliphatic heterocycles. The third kappa shape index (κ3) is 4.49. The molecule has 3 aromatic rings. The van der Waals surface area contributed by atoms with E-state index in [0.717, 1.165) is 36.5 Å². The molecule has 2 aliphatic rings. The number of hydrogen-bond acceptors (Lipinski definition) is 3. The minimum atomic E-state index is -0.0355. The topological polar surface area (TPSA) is 58.5 Å². The van der Waals surface area contributed by atoms with Crippen molar-refractivity contribution >= 4 is 40.8 Å². The Morgan fingerprint density at radius 3 is 2.71 bits per heavy atom. The molecule has 0 amide bonds. The van der Waals surface area contributed by atoms with Crippen molar-refractivity contribution in [2.45, 2.75) is 50.3 Å². The highest BCUT2D eigenvalue weighted by Crippen LogP contribution is 2.46. The van der Waals surface area contributed by atoms with E-state index < -0.39 is 0 Å². The number of rotatable bonds is 3. The molecule has 162 valence electrons. The predicted octanol–water partition coefficient (Wildman–Crippen LogP) is 5.35. The number of aromatic nitrogens is 1. The molecule has 1 fully saturated rings. The molecule has 1 saturated carbocycles. The summed E-state index contributed by atoms with van der Waals surface area (Å²) >= 11 is 0. The van der Waals surface area contributed by atoms with Crippen LogP contribution in [0.4, 0.5) is 0 Å². The van der Waals surface area contributed by atoms with Gasteiger partial charge in [0, 0.05) is 37.2 Å². The summed E-state index contributed by atoms with van der Waals surface area (Å²) in [6.45, 7) is 0.693. The Balaban J connectivity index is 0.00000231. The van der Waals surface area contributed by atoms with Crippen LogP contribution in [0.3, 0.4) is 0 Å². The summed E-state index contributed by atoms with van der Waals surface area (Å²) in [6, 6.07) is 18.9. The minimum absolute atomic E-state index is 0. The number of benzene rings is 2. The smallest absolute Gasteiger partial charge is 0.191 e. The molecule has 5 nitrogen and oxygen atoms in total. The van der Waals surface area contributed by atoms with E-state index >= 15 is 0 Å². The Hall–Kier alpha value is -2.35. The normalized spacial score (nSPS) is 19.4. The number of hydrogen-bond donors (Lipinski definition) is 2. The third-order valence-corrected chi connectivity index (χ3v) is 6.43. The van der Waals surface area contributed by atoms with Gasteiger partial charge in [-0.15, -0.1) is 24.0 Å². The van der Waals surface area contributed by atoms with Crippen molar-refractivity contribution in [3.05, 3.63) is 71.9 Å². The highest BCUT2D eigenvalue weighted by atomic mass is 127. The first-order valence-electron chi connectivity index (χ1n) is 10.8. The second kappa shape index (κ2) is 9.42. The molecule has 0 bridgehead atoms. The van der Waals surface area contributed by atoms with Crippen LogP contribution in [0.5, 0.6) is 5.75 Å². The fraction of sp³-hybridized carbons (Fsp3) is 0.360. The fourth-order valence-electron chi connectivity index (χ4n) is 4.92. The van der Waals surface area contributed by atoms with Crippen LogP contribution in [0.2, 0.25) is 0 Å². The van der Waals surface area contributed by atoms with E-state index in [1.165, 1.54) is 29.4 Å². The third-order valence-electron chi connectivity index (χ3n) is 6.43. The van der Waals surface area contributed by atoms with E-state index in [4.69, 9.17) is 4.74 Å². The summed E-state index contributed by atoms with van der Waals surface area (Å²) in [5.41, 5.74) is 3.41. The highest BCUT2D eigenvalue weighted by molar-refractivity contribution is 14.0. The molecule has 31 heavy (non-hydrogen) atoms. The SMILES string of the molecule is CN=C(NCc1ccnc2ccccc12)NC1CC2(CCCC2)Oc2ccccc21.I. The average Bonchev–Trinajstić information content (AvgIpc) is 3.23. The summed E-state index contributed by atoms with van der Waals surface area (Å²) in [5, 5.41) is 8.35. The second-order valence-corrected chi connectivity index (χ2v) is 8.34. The molecule has 6 heteroatoms. The molecule has 0 saturated heterocycles. The van der Waals surface area contributed by atoms with Gasteiger partial charge in [-0.25, -0.2) is 0 Å². The maximum Gasteiger partial charge on any atom is 0.191 e. The van der Waals surface area contributed by atoms with Crippen LogP contribution in [0, 0.1) is 0 Å². The molecule has 2 aromatic carbocycles. The number of ether oxygens (including phenoxy) is 1. The molecule has 2 heterocycles. The van der Waals surface area contributed by atoms with E-state index in [0.29, 0.717) is 6.54 Å². The number of nitrogens with one attached hydrogen (secondary N) is 2. The first-order valence-corrected chi connectivity index (χ1v) is 10.8. The van der Waals surface area contributed by atoms with Crippen LogP contribution in [0.25, 0.3) is 10.9 Å². The van der Waals surface area contributed by atoms with Gasteiger partial charge in [0.15, 0.2) is 5.96 Å². The summed E-state index contributed by atoms with van der Waals surface area (Å²) in [7, 11) is 1.83. The van der Waals surface area contributed by atoms with E-state index in [-0.39, 0.29) is 35.6 Å². The lowest BCUT2D eigenvalue weighted by Gasteiger charge is -2.40. The van der Waals surface area contributed by atoms with Gasteiger partial charge >= 0.3 is 0 Å². The molecular weight excluding hydrogens is 499 g/mol. The summed E-state index contributed by atoms with van der Waals surface area (Å²) in [4.78, 5) is 8.96. The van der Waals surface area contributed by atoms with Crippen molar-refractivity contribution in [1.82, 2.24) is 15.6 Å². The number of para-hydroxylation sites is 2. The lowest BCUT2D eigenvalue weighted by molar-refractivity contribution is 0.0396. The summed E-state index contributed by atoms with van der Waals surface area (Å²) in [6.07, 6.45) is 7.61. The molecule has 1 unspecified atom stereocenters. The Kier molecular flexibility index (Phi) is 6.65. The molecule has 2 N–H and O–H groups in total. The Morgan fingerprint density at radius 1 is 1.10 bits per heavy atom. The van der Waals surface area contributed by atoms with E-state index in [2.05, 4.69) is 63.1 Å². The van der Waals surface area contributed by atoms with Gasteiger partial charge in [0.25, 0.3) is 0 Å². The Labute approximate surface area is 200 Å². The van der Waals surface area contributed by atoms with Crippen molar-refractivity contribution in [2.75, 3.05) is 7.05 Å². The van der Waals surface area contributed by atoms with Gasteiger partial charge in [0.2, 0.25) is 0 Å². The van der Waals surface area contributed by atoms with Crippen molar-refractivity contribution in [1.29, 1.82) is 0 Å². The van der Waals surface area contributed by atoms with Crippen molar-refractivity contribution in [3.8, 4) is 5.75 Å². The first-order chi connectivity index (χ1) is 14.8. The monoisotopic (exact) mass is 528 g/mol. The van der Waals surface area contributed by atoms with E-state index in [9.17, 15) is 0 Å². The van der Waals surface area contributed by atoms with Crippen LogP contribution < -0.4 is 15.4 Å². The van der Waals surface area contributed by atoms with Crippen molar-refractivity contribution in [3.63, 3.8) is 0 Å². The first kappa shape index (κ1) is 21.9. The highest BCUT2D eigenvalue weighted by Gasteiger charge is 2.43. The molecule has 1 aliphatic carbocycles. The number of guanidine groups is 1. The lowest BCUT2D eigenvalue weighted by atomic mass is 9.86. The van der Waals surface area contributed by atoms with Crippen LogP contribution >= 0.6 is 24.0 Å². The van der Waals surface area contributed by atoms with Gasteiger partial charge < -0.3 is 15.4 Å². The fourth-order valence-corrected chi connectivity index (χ4v) is 4.92. The lowest BCUT2D eigenvalue weighted by Crippen LogP contribution is -2.46.